The quantitative estimate of drug-likeness (QED) is 0.110. The molecular weight excluding hydrogens is 626 g/mol. The molecule has 6 amide bonds. The fourth-order valence-corrected chi connectivity index (χ4v) is 6.70. The molecule has 0 radical (unpaired) electrons. The van der Waals surface area contributed by atoms with Crippen LogP contribution >= 0.6 is 0 Å². The number of carboxylic acid groups (broad SMARTS) is 1. The van der Waals surface area contributed by atoms with Crippen LogP contribution in [-0.2, 0) is 20.0 Å². The summed E-state index contributed by atoms with van der Waals surface area (Å²) in [6.45, 7) is 3.44. The molecule has 1 saturated heterocycles. The number of aliphatic hydroxyl groups excluding tert-OH is 1. The van der Waals surface area contributed by atoms with Crippen LogP contribution in [0.25, 0.3) is 0 Å². The maximum atomic E-state index is 14.1. The van der Waals surface area contributed by atoms with E-state index in [9.17, 15) is 39.3 Å². The maximum Gasteiger partial charge on any atom is 0.405 e. The summed E-state index contributed by atoms with van der Waals surface area (Å²) >= 11 is 0. The van der Waals surface area contributed by atoms with Gasteiger partial charge in [0.25, 0.3) is 0 Å². The van der Waals surface area contributed by atoms with Crippen molar-refractivity contribution in [3.8, 4) is 0 Å². The fraction of sp³-hybridized carbons (Fsp3) is 0.774. The number of urea groups is 1. The highest BCUT2D eigenvalue weighted by Crippen LogP contribution is 2.33. The van der Waals surface area contributed by atoms with Crippen LogP contribution in [0.15, 0.2) is 6.20 Å². The first-order valence-electron chi connectivity index (χ1n) is 17.0. The van der Waals surface area contributed by atoms with Gasteiger partial charge in [-0.25, -0.2) is 14.3 Å². The molecule has 2 saturated carbocycles. The summed E-state index contributed by atoms with van der Waals surface area (Å²) in [6, 6.07) is -3.95. The van der Waals surface area contributed by atoms with Crippen LogP contribution in [0.1, 0.15) is 103 Å². The number of rotatable bonds is 16. The highest BCUT2D eigenvalue weighted by Gasteiger charge is 2.45. The number of aromatic nitrogens is 3. The van der Waals surface area contributed by atoms with Gasteiger partial charge in [-0.05, 0) is 58.3 Å². The van der Waals surface area contributed by atoms with Crippen molar-refractivity contribution in [2.75, 3.05) is 13.1 Å². The van der Waals surface area contributed by atoms with Gasteiger partial charge in [-0.2, -0.15) is 0 Å². The molecule has 48 heavy (non-hydrogen) atoms. The van der Waals surface area contributed by atoms with Crippen molar-refractivity contribution in [2.24, 2.45) is 11.7 Å². The molecule has 0 bridgehead atoms. The van der Waals surface area contributed by atoms with Crippen LogP contribution in [0.2, 0.25) is 0 Å². The number of hydrogen-bond acceptors (Lipinski definition) is 9. The zero-order valence-electron chi connectivity index (χ0n) is 27.8. The van der Waals surface area contributed by atoms with E-state index < -0.39 is 59.7 Å². The topological polar surface area (TPSA) is 254 Å². The number of hydrogen-bond donors (Lipinski definition) is 8. The van der Waals surface area contributed by atoms with E-state index in [1.807, 2.05) is 0 Å². The molecule has 9 N–H and O–H groups in total. The normalized spacial score (nSPS) is 22.0. The van der Waals surface area contributed by atoms with Crippen molar-refractivity contribution < 1.29 is 39.3 Å². The largest absolute Gasteiger partial charge is 0.465 e. The predicted molar refractivity (Wildman–Crippen MR) is 171 cm³/mol. The summed E-state index contributed by atoms with van der Waals surface area (Å²) in [5.74, 6) is -2.12. The highest BCUT2D eigenvalue weighted by atomic mass is 16.4. The standard InChI is InChI=1S/C31H51N9O8/c1-31(2,48)24-16-34-38-40(24)20-15-23(39(17-20)28(44)22(37-30(46)47)14-18-8-4-3-5-9-18)27(43)36-21(25(41)26(32)42)10-6-7-13-33-29(45)35-19-11-12-19/h16,18-23,25,37,41,48H,3-15,17H2,1-2H3,(H2,32,42)(H,36,43)(H,46,47)(H2,33,35,45)/t20-,21?,22+,23-,25?/m0/s1. The lowest BCUT2D eigenvalue weighted by atomic mass is 9.84. The van der Waals surface area contributed by atoms with Crippen molar-refractivity contribution in [2.45, 2.75) is 133 Å². The number of amides is 6. The predicted octanol–water partition coefficient (Wildman–Crippen LogP) is 0.217. The van der Waals surface area contributed by atoms with E-state index in [-0.39, 0.29) is 43.8 Å². The molecule has 268 valence electrons. The molecule has 3 fully saturated rings. The van der Waals surface area contributed by atoms with Gasteiger partial charge >= 0.3 is 12.1 Å². The number of carbonyl (C=O) groups is 5. The smallest absolute Gasteiger partial charge is 0.405 e. The fourth-order valence-electron chi connectivity index (χ4n) is 6.70. The second kappa shape index (κ2) is 16.4. The second-order valence-corrected chi connectivity index (χ2v) is 13.9. The minimum atomic E-state index is -1.72. The Hall–Kier alpha value is -3.99. The van der Waals surface area contributed by atoms with Crippen LogP contribution in [-0.4, -0.2) is 108 Å². The summed E-state index contributed by atoms with van der Waals surface area (Å²) in [6.07, 6.45) is 6.49. The Bertz CT molecular complexity index is 1290. The molecule has 5 atom stereocenters. The lowest BCUT2D eigenvalue weighted by Crippen LogP contribution is -2.57. The summed E-state index contributed by atoms with van der Waals surface area (Å²) in [5.41, 5.74) is 4.44. The molecule has 2 aliphatic carbocycles. The third kappa shape index (κ3) is 10.3. The molecule has 17 nitrogen and oxygen atoms in total. The summed E-state index contributed by atoms with van der Waals surface area (Å²) in [4.78, 5) is 65.1. The first-order valence-corrected chi connectivity index (χ1v) is 17.0. The Kier molecular flexibility index (Phi) is 12.6. The Morgan fingerprint density at radius 3 is 2.40 bits per heavy atom. The molecule has 1 aliphatic heterocycles. The third-order valence-corrected chi connectivity index (χ3v) is 9.44. The van der Waals surface area contributed by atoms with Crippen LogP contribution < -0.4 is 27.0 Å². The average Bonchev–Trinajstić information content (AvgIpc) is 3.49. The van der Waals surface area contributed by atoms with E-state index in [2.05, 4.69) is 31.6 Å². The van der Waals surface area contributed by atoms with E-state index in [0.29, 0.717) is 25.1 Å². The molecule has 0 spiro atoms. The SMILES string of the molecule is CC(C)(O)c1cnnn1[C@H]1C[C@@H](C(=O)NC(CCCCNC(=O)NC2CC2)C(O)C(N)=O)N(C(=O)[C@@H](CC2CCCCC2)NC(=O)O)C1. The minimum Gasteiger partial charge on any atom is -0.465 e. The lowest BCUT2D eigenvalue weighted by molar-refractivity contribution is -0.141. The molecule has 4 rings (SSSR count). The number of likely N-dealkylation sites (tertiary alicyclic amines) is 1. The summed E-state index contributed by atoms with van der Waals surface area (Å²) < 4.78 is 1.47. The van der Waals surface area contributed by atoms with Crippen molar-refractivity contribution in [3.63, 3.8) is 0 Å². The van der Waals surface area contributed by atoms with Gasteiger partial charge in [0.2, 0.25) is 17.7 Å². The van der Waals surface area contributed by atoms with E-state index in [4.69, 9.17) is 5.73 Å². The molecule has 2 heterocycles. The molecule has 1 aromatic rings. The Labute approximate surface area is 279 Å². The van der Waals surface area contributed by atoms with Crippen molar-refractivity contribution in [1.82, 2.24) is 41.2 Å². The van der Waals surface area contributed by atoms with Crippen molar-refractivity contribution in [1.29, 1.82) is 0 Å². The maximum absolute atomic E-state index is 14.1. The van der Waals surface area contributed by atoms with Crippen LogP contribution in [0, 0.1) is 5.92 Å². The Morgan fingerprint density at radius 1 is 1.06 bits per heavy atom. The zero-order chi connectivity index (χ0) is 35.0. The van der Waals surface area contributed by atoms with E-state index in [1.165, 1.54) is 15.8 Å². The number of carbonyl (C=O) groups excluding carboxylic acids is 4. The molecule has 1 aromatic heterocycles. The monoisotopic (exact) mass is 677 g/mol. The number of nitrogens with zero attached hydrogens (tertiary/aromatic N) is 4. The van der Waals surface area contributed by atoms with Crippen molar-refractivity contribution >= 4 is 29.8 Å². The number of unbranched alkanes of at least 4 members (excludes halogenated alkanes) is 1. The zero-order valence-corrected chi connectivity index (χ0v) is 27.8. The van der Waals surface area contributed by atoms with Gasteiger partial charge in [-0.15, -0.1) is 5.10 Å². The van der Waals surface area contributed by atoms with Crippen LogP contribution in [0.5, 0.6) is 0 Å². The lowest BCUT2D eigenvalue weighted by Gasteiger charge is -2.32. The first-order chi connectivity index (χ1) is 22.7. The van der Waals surface area contributed by atoms with Gasteiger partial charge in [-0.1, -0.05) is 37.3 Å². The van der Waals surface area contributed by atoms with Gasteiger partial charge in [-0.3, -0.25) is 14.4 Å². The van der Waals surface area contributed by atoms with Gasteiger partial charge in [0.05, 0.1) is 24.0 Å². The molecule has 2 unspecified atom stereocenters. The second-order valence-electron chi connectivity index (χ2n) is 13.9. The van der Waals surface area contributed by atoms with E-state index >= 15 is 0 Å². The van der Waals surface area contributed by atoms with Gasteiger partial charge in [0, 0.05) is 25.6 Å². The van der Waals surface area contributed by atoms with E-state index in [1.54, 1.807) is 13.8 Å². The van der Waals surface area contributed by atoms with Gasteiger partial charge in [0.15, 0.2) is 6.10 Å². The van der Waals surface area contributed by atoms with Crippen LogP contribution in [0.3, 0.4) is 0 Å². The Morgan fingerprint density at radius 2 is 1.77 bits per heavy atom. The highest BCUT2D eigenvalue weighted by molar-refractivity contribution is 5.92. The Balaban J connectivity index is 1.51. The molecule has 3 aliphatic rings. The van der Waals surface area contributed by atoms with E-state index in [0.717, 1.165) is 44.9 Å². The van der Waals surface area contributed by atoms with Gasteiger partial charge in [0.1, 0.15) is 17.7 Å². The van der Waals surface area contributed by atoms with Crippen molar-refractivity contribution in [3.05, 3.63) is 11.9 Å². The number of nitrogens with two attached hydrogens (primary N) is 1. The molecule has 0 aromatic carbocycles. The minimum absolute atomic E-state index is 0.0243. The third-order valence-electron chi connectivity index (χ3n) is 9.44. The number of aliphatic hydroxyl groups is 2. The van der Waals surface area contributed by atoms with Gasteiger partial charge < -0.3 is 47.2 Å². The molecular formula is C31H51N9O8. The number of nitrogens with one attached hydrogen (secondary N) is 4. The summed E-state index contributed by atoms with van der Waals surface area (Å²) in [5, 5.41) is 49.7. The summed E-state index contributed by atoms with van der Waals surface area (Å²) in [7, 11) is 0. The molecule has 17 heteroatoms. The van der Waals surface area contributed by atoms with Crippen LogP contribution in [0.4, 0.5) is 9.59 Å². The average molecular weight is 678 g/mol. The first kappa shape index (κ1) is 36.8. The number of primary amides is 1.